The Labute approximate surface area is 114 Å². The van der Waals surface area contributed by atoms with Crippen molar-refractivity contribution in [3.8, 4) is 0 Å². The molecule has 0 bridgehead atoms. The quantitative estimate of drug-likeness (QED) is 0.726. The van der Waals surface area contributed by atoms with Crippen LogP contribution in [0.4, 0.5) is 0 Å². The van der Waals surface area contributed by atoms with Gasteiger partial charge in [-0.1, -0.05) is 58.4 Å². The fourth-order valence-electron chi connectivity index (χ4n) is 2.10. The maximum Gasteiger partial charge on any atom is 0.124 e. The zero-order chi connectivity index (χ0) is 12.5. The number of aliphatic hydroxyl groups excluding tert-OH is 1. The third-order valence-corrected chi connectivity index (χ3v) is 3.51. The van der Waals surface area contributed by atoms with Gasteiger partial charge in [-0.05, 0) is 34.9 Å². The number of fused-ring (bicyclic) bond motifs is 2. The Balaban J connectivity index is 2.24. The molecule has 2 aromatic carbocycles. The maximum atomic E-state index is 10.2. The summed E-state index contributed by atoms with van der Waals surface area (Å²) in [4.78, 5) is 0. The molecule has 0 atom stereocenters. The number of rotatable bonds is 0. The van der Waals surface area contributed by atoms with E-state index < -0.39 is 0 Å². The van der Waals surface area contributed by atoms with E-state index in [-0.39, 0.29) is 0 Å². The predicted octanol–water partition coefficient (Wildman–Crippen LogP) is 4.99. The van der Waals surface area contributed by atoms with Crippen molar-refractivity contribution in [2.45, 2.75) is 0 Å². The van der Waals surface area contributed by atoms with E-state index in [9.17, 15) is 5.11 Å². The van der Waals surface area contributed by atoms with Crippen LogP contribution in [0.3, 0.4) is 0 Å². The van der Waals surface area contributed by atoms with E-state index in [2.05, 4.69) is 22.0 Å². The molecule has 88 valence electrons. The van der Waals surface area contributed by atoms with Crippen molar-refractivity contribution < 1.29 is 5.11 Å². The summed E-state index contributed by atoms with van der Waals surface area (Å²) in [6.45, 7) is 0. The van der Waals surface area contributed by atoms with Gasteiger partial charge in [0.25, 0.3) is 0 Å². The van der Waals surface area contributed by atoms with Gasteiger partial charge >= 0.3 is 0 Å². The molecule has 1 aliphatic carbocycles. The second-order valence-electron chi connectivity index (χ2n) is 4.22. The molecule has 0 heterocycles. The van der Waals surface area contributed by atoms with Crippen molar-refractivity contribution >= 4 is 39.9 Å². The third-order valence-electron chi connectivity index (χ3n) is 3.02. The van der Waals surface area contributed by atoms with Crippen LogP contribution in [-0.2, 0) is 0 Å². The van der Waals surface area contributed by atoms with Gasteiger partial charge in [-0.3, -0.25) is 0 Å². The fraction of sp³-hybridized carbons (Fsp3) is 0. The monoisotopic (exact) mass is 298 g/mol. The summed E-state index contributed by atoms with van der Waals surface area (Å²) in [7, 11) is 0. The molecule has 18 heavy (non-hydrogen) atoms. The summed E-state index contributed by atoms with van der Waals surface area (Å²) in [5, 5.41) is 10.2. The maximum absolute atomic E-state index is 10.2. The lowest BCUT2D eigenvalue weighted by Crippen LogP contribution is -1.92. The standard InChI is InChI=1S/C16H11BrO/c17-14-8-7-13-10-16(18)15-4-2-1-3-11(15)5-6-12(13)9-14/h1-10,18H. The van der Waals surface area contributed by atoms with Crippen LogP contribution in [0.5, 0.6) is 0 Å². The van der Waals surface area contributed by atoms with Crippen molar-refractivity contribution in [1.29, 1.82) is 0 Å². The summed E-state index contributed by atoms with van der Waals surface area (Å²) >= 11 is 3.47. The SMILES string of the molecule is OC1=Cc2ccc(Br)cc2C=Cc2ccccc21. The van der Waals surface area contributed by atoms with Crippen LogP contribution in [0.25, 0.3) is 24.0 Å². The minimum Gasteiger partial charge on any atom is -0.507 e. The number of benzene rings is 2. The van der Waals surface area contributed by atoms with E-state index in [1.54, 1.807) is 0 Å². The molecule has 0 aromatic heterocycles. The minimum absolute atomic E-state index is 0.304. The highest BCUT2D eigenvalue weighted by molar-refractivity contribution is 9.10. The van der Waals surface area contributed by atoms with Crippen molar-refractivity contribution in [2.75, 3.05) is 0 Å². The lowest BCUT2D eigenvalue weighted by atomic mass is 9.97. The lowest BCUT2D eigenvalue weighted by Gasteiger charge is -2.10. The largest absolute Gasteiger partial charge is 0.507 e. The summed E-state index contributed by atoms with van der Waals surface area (Å²) in [6.07, 6.45) is 5.91. The molecule has 0 unspecified atom stereocenters. The van der Waals surface area contributed by atoms with Gasteiger partial charge in [0.05, 0.1) is 0 Å². The molecule has 1 N–H and O–H groups in total. The molecule has 0 amide bonds. The van der Waals surface area contributed by atoms with Crippen molar-refractivity contribution in [1.82, 2.24) is 0 Å². The highest BCUT2D eigenvalue weighted by Gasteiger charge is 2.08. The first-order valence-electron chi connectivity index (χ1n) is 5.72. The second-order valence-corrected chi connectivity index (χ2v) is 5.14. The molecule has 0 fully saturated rings. The van der Waals surface area contributed by atoms with Crippen LogP contribution in [0.2, 0.25) is 0 Å². The van der Waals surface area contributed by atoms with E-state index in [0.29, 0.717) is 5.76 Å². The third kappa shape index (κ3) is 2.00. The number of halogens is 1. The molecule has 2 heteroatoms. The van der Waals surface area contributed by atoms with Crippen molar-refractivity contribution in [2.24, 2.45) is 0 Å². The van der Waals surface area contributed by atoms with Gasteiger partial charge in [-0.2, -0.15) is 0 Å². The first kappa shape index (κ1) is 11.3. The highest BCUT2D eigenvalue weighted by Crippen LogP contribution is 2.28. The zero-order valence-corrected chi connectivity index (χ0v) is 11.2. The van der Waals surface area contributed by atoms with Gasteiger partial charge in [0.1, 0.15) is 5.76 Å². The summed E-state index contributed by atoms with van der Waals surface area (Å²) < 4.78 is 1.03. The van der Waals surface area contributed by atoms with Crippen molar-refractivity contribution in [3.63, 3.8) is 0 Å². The molecule has 2 aromatic rings. The van der Waals surface area contributed by atoms with Gasteiger partial charge in [0.15, 0.2) is 0 Å². The summed E-state index contributed by atoms with van der Waals surface area (Å²) in [5.41, 5.74) is 3.99. The van der Waals surface area contributed by atoms with Gasteiger partial charge in [0.2, 0.25) is 0 Å². The highest BCUT2D eigenvalue weighted by atomic mass is 79.9. The van der Waals surface area contributed by atoms with Crippen LogP contribution < -0.4 is 0 Å². The summed E-state index contributed by atoms with van der Waals surface area (Å²) in [6, 6.07) is 13.8. The molecule has 0 saturated heterocycles. The second kappa shape index (κ2) is 4.46. The minimum atomic E-state index is 0.304. The predicted molar refractivity (Wildman–Crippen MR) is 80.0 cm³/mol. The Hall–Kier alpha value is -1.80. The van der Waals surface area contributed by atoms with E-state index >= 15 is 0 Å². The number of hydrogen-bond donors (Lipinski definition) is 1. The molecule has 1 nitrogen and oxygen atoms in total. The fourth-order valence-corrected chi connectivity index (χ4v) is 2.48. The average molecular weight is 299 g/mol. The molecule has 1 aliphatic rings. The molecule has 0 radical (unpaired) electrons. The van der Waals surface area contributed by atoms with E-state index in [0.717, 1.165) is 26.7 Å². The Morgan fingerprint density at radius 1 is 0.833 bits per heavy atom. The topological polar surface area (TPSA) is 20.2 Å². The van der Waals surface area contributed by atoms with Gasteiger partial charge in [-0.25, -0.2) is 0 Å². The van der Waals surface area contributed by atoms with Gasteiger partial charge in [0, 0.05) is 10.0 Å². The van der Waals surface area contributed by atoms with Crippen LogP contribution in [0.1, 0.15) is 22.3 Å². The molecule has 3 rings (SSSR count). The van der Waals surface area contributed by atoms with Crippen LogP contribution in [-0.4, -0.2) is 5.11 Å². The van der Waals surface area contributed by atoms with Crippen molar-refractivity contribution in [3.05, 3.63) is 69.2 Å². The number of aliphatic hydroxyl groups is 1. The Kier molecular flexibility index (Phi) is 2.80. The zero-order valence-electron chi connectivity index (χ0n) is 9.60. The van der Waals surface area contributed by atoms with Crippen LogP contribution in [0, 0.1) is 0 Å². The molecule has 0 spiro atoms. The molecule has 0 aliphatic heterocycles. The molecule has 0 saturated carbocycles. The Morgan fingerprint density at radius 2 is 1.61 bits per heavy atom. The Morgan fingerprint density at radius 3 is 2.50 bits per heavy atom. The average Bonchev–Trinajstić information content (AvgIpc) is 2.37. The molecular weight excluding hydrogens is 288 g/mol. The first-order valence-corrected chi connectivity index (χ1v) is 6.51. The molecular formula is C16H11BrO. The lowest BCUT2D eigenvalue weighted by molar-refractivity contribution is 0.515. The van der Waals surface area contributed by atoms with Gasteiger partial charge < -0.3 is 5.11 Å². The van der Waals surface area contributed by atoms with E-state index in [4.69, 9.17) is 0 Å². The van der Waals surface area contributed by atoms with E-state index in [1.165, 1.54) is 0 Å². The summed E-state index contributed by atoms with van der Waals surface area (Å²) in [5.74, 6) is 0.304. The van der Waals surface area contributed by atoms with E-state index in [1.807, 2.05) is 54.6 Å². The van der Waals surface area contributed by atoms with Crippen LogP contribution >= 0.6 is 15.9 Å². The normalized spacial score (nSPS) is 13.1. The Bertz CT molecular complexity index is 669. The van der Waals surface area contributed by atoms with Gasteiger partial charge in [-0.15, -0.1) is 0 Å². The van der Waals surface area contributed by atoms with Crippen LogP contribution in [0.15, 0.2) is 46.9 Å². The first-order chi connectivity index (χ1) is 8.74. The smallest absolute Gasteiger partial charge is 0.124 e. The number of hydrogen-bond acceptors (Lipinski definition) is 1.